The van der Waals surface area contributed by atoms with E-state index in [1.807, 2.05) is 6.20 Å². The van der Waals surface area contributed by atoms with Gasteiger partial charge in [-0.1, -0.05) is 19.9 Å². The van der Waals surface area contributed by atoms with Gasteiger partial charge in [0.15, 0.2) is 0 Å². The molecule has 0 bridgehead atoms. The highest BCUT2D eigenvalue weighted by molar-refractivity contribution is 5.26. The first-order chi connectivity index (χ1) is 6.29. The minimum absolute atomic E-state index is 0.699. The highest BCUT2D eigenvalue weighted by atomic mass is 14.7. The first kappa shape index (κ1) is 8.74. The van der Waals surface area contributed by atoms with Crippen molar-refractivity contribution in [1.82, 2.24) is 4.98 Å². The molecule has 0 aliphatic heterocycles. The molecule has 0 saturated carbocycles. The summed E-state index contributed by atoms with van der Waals surface area (Å²) >= 11 is 0. The molecule has 1 aliphatic rings. The van der Waals surface area contributed by atoms with Crippen molar-refractivity contribution in [2.24, 2.45) is 5.92 Å². The van der Waals surface area contributed by atoms with Gasteiger partial charge in [-0.2, -0.15) is 0 Å². The topological polar surface area (TPSA) is 12.9 Å². The Balaban J connectivity index is 2.37. The second-order valence-corrected chi connectivity index (χ2v) is 4.29. The van der Waals surface area contributed by atoms with Crippen LogP contribution in [0, 0.1) is 5.92 Å². The Morgan fingerprint density at radius 2 is 2.31 bits per heavy atom. The molecule has 0 spiro atoms. The molecular weight excluding hydrogens is 158 g/mol. The quantitative estimate of drug-likeness (QED) is 0.639. The van der Waals surface area contributed by atoms with Gasteiger partial charge in [-0.25, -0.2) is 0 Å². The van der Waals surface area contributed by atoms with Gasteiger partial charge in [0.05, 0.1) is 0 Å². The van der Waals surface area contributed by atoms with Crippen LogP contribution in [0.3, 0.4) is 0 Å². The van der Waals surface area contributed by atoms with Crippen LogP contribution in [0.5, 0.6) is 0 Å². The lowest BCUT2D eigenvalue weighted by atomic mass is 9.80. The smallest absolute Gasteiger partial charge is 0.0468 e. The average Bonchev–Trinajstić information content (AvgIpc) is 2.17. The fraction of sp³-hybridized carbons (Fsp3) is 0.583. The fourth-order valence-corrected chi connectivity index (χ4v) is 2.29. The van der Waals surface area contributed by atoms with Crippen molar-refractivity contribution in [1.29, 1.82) is 0 Å². The monoisotopic (exact) mass is 175 g/mol. The summed E-state index contributed by atoms with van der Waals surface area (Å²) in [7, 11) is 0. The zero-order valence-corrected chi connectivity index (χ0v) is 8.46. The first-order valence-corrected chi connectivity index (χ1v) is 5.23. The van der Waals surface area contributed by atoms with E-state index >= 15 is 0 Å². The molecule has 1 aromatic rings. The van der Waals surface area contributed by atoms with Gasteiger partial charge in [0.25, 0.3) is 0 Å². The number of rotatable bonds is 1. The lowest BCUT2D eigenvalue weighted by Crippen LogP contribution is -2.16. The number of hydrogen-bond acceptors (Lipinski definition) is 1. The van der Waals surface area contributed by atoms with Crippen molar-refractivity contribution in [3.63, 3.8) is 0 Å². The predicted octanol–water partition coefficient (Wildman–Crippen LogP) is 3.16. The third kappa shape index (κ3) is 1.60. The van der Waals surface area contributed by atoms with Gasteiger partial charge in [0, 0.05) is 17.8 Å². The molecule has 1 heterocycles. The molecule has 0 fully saturated rings. The summed E-state index contributed by atoms with van der Waals surface area (Å²) in [6.45, 7) is 4.60. The Hall–Kier alpha value is -0.850. The number of hydrogen-bond donors (Lipinski definition) is 0. The summed E-state index contributed by atoms with van der Waals surface area (Å²) in [4.78, 5) is 4.52. The zero-order valence-electron chi connectivity index (χ0n) is 8.46. The normalized spacial score (nSPS) is 21.6. The van der Waals surface area contributed by atoms with E-state index in [0.717, 1.165) is 5.92 Å². The lowest BCUT2D eigenvalue weighted by Gasteiger charge is -2.26. The molecule has 2 rings (SSSR count). The van der Waals surface area contributed by atoms with Crippen LogP contribution >= 0.6 is 0 Å². The van der Waals surface area contributed by atoms with Crippen LogP contribution in [0.25, 0.3) is 0 Å². The SMILES string of the molecule is CC(C)[C@@H]1CCCc2cccnc21. The number of pyridine rings is 1. The molecule has 0 N–H and O–H groups in total. The Morgan fingerprint density at radius 3 is 3.08 bits per heavy atom. The van der Waals surface area contributed by atoms with Crippen LogP contribution in [-0.4, -0.2) is 4.98 Å². The van der Waals surface area contributed by atoms with Crippen LogP contribution in [0.1, 0.15) is 43.9 Å². The van der Waals surface area contributed by atoms with E-state index in [1.165, 1.54) is 30.5 Å². The Bertz CT molecular complexity index is 291. The second kappa shape index (κ2) is 3.49. The maximum Gasteiger partial charge on any atom is 0.0468 e. The summed E-state index contributed by atoms with van der Waals surface area (Å²) < 4.78 is 0. The van der Waals surface area contributed by atoms with E-state index in [4.69, 9.17) is 0 Å². The average molecular weight is 175 g/mol. The molecular formula is C12H17N. The maximum atomic E-state index is 4.52. The van der Waals surface area contributed by atoms with Gasteiger partial charge in [0.1, 0.15) is 0 Å². The van der Waals surface area contributed by atoms with Crippen LogP contribution in [0.15, 0.2) is 18.3 Å². The predicted molar refractivity (Wildman–Crippen MR) is 54.8 cm³/mol. The van der Waals surface area contributed by atoms with Crippen LogP contribution < -0.4 is 0 Å². The molecule has 1 nitrogen and oxygen atoms in total. The van der Waals surface area contributed by atoms with Gasteiger partial charge < -0.3 is 0 Å². The molecule has 70 valence electrons. The summed E-state index contributed by atoms with van der Waals surface area (Å²) in [5.74, 6) is 1.43. The maximum absolute atomic E-state index is 4.52. The van der Waals surface area contributed by atoms with Crippen molar-refractivity contribution in [2.45, 2.75) is 39.0 Å². The van der Waals surface area contributed by atoms with Crippen molar-refractivity contribution in [3.8, 4) is 0 Å². The molecule has 1 aromatic heterocycles. The molecule has 1 atom stereocenters. The summed E-state index contributed by atoms with van der Waals surface area (Å²) in [5.41, 5.74) is 2.84. The number of nitrogens with zero attached hydrogens (tertiary/aromatic N) is 1. The van der Waals surface area contributed by atoms with Gasteiger partial charge in [-0.05, 0) is 36.8 Å². The standard InChI is InChI=1S/C12H17N/c1-9(2)11-7-3-5-10-6-4-8-13-12(10)11/h4,6,8-9,11H,3,5,7H2,1-2H3/t11-/m0/s1. The number of aromatic nitrogens is 1. The Kier molecular flexibility index (Phi) is 2.34. The van der Waals surface area contributed by atoms with Gasteiger partial charge >= 0.3 is 0 Å². The summed E-state index contributed by atoms with van der Waals surface area (Å²) in [6, 6.07) is 4.29. The minimum Gasteiger partial charge on any atom is -0.261 e. The molecule has 0 radical (unpaired) electrons. The minimum atomic E-state index is 0.699. The highest BCUT2D eigenvalue weighted by Crippen LogP contribution is 2.34. The highest BCUT2D eigenvalue weighted by Gasteiger charge is 2.23. The Morgan fingerprint density at radius 1 is 1.46 bits per heavy atom. The van der Waals surface area contributed by atoms with Gasteiger partial charge in [-0.3, -0.25) is 4.98 Å². The number of aryl methyl sites for hydroxylation is 1. The second-order valence-electron chi connectivity index (χ2n) is 4.29. The van der Waals surface area contributed by atoms with E-state index in [9.17, 15) is 0 Å². The molecule has 0 aromatic carbocycles. The molecule has 0 saturated heterocycles. The van der Waals surface area contributed by atoms with E-state index < -0.39 is 0 Å². The van der Waals surface area contributed by atoms with Crippen molar-refractivity contribution in [2.75, 3.05) is 0 Å². The fourth-order valence-electron chi connectivity index (χ4n) is 2.29. The number of fused-ring (bicyclic) bond motifs is 1. The molecule has 13 heavy (non-hydrogen) atoms. The first-order valence-electron chi connectivity index (χ1n) is 5.23. The van der Waals surface area contributed by atoms with E-state index in [0.29, 0.717) is 5.92 Å². The third-order valence-electron chi connectivity index (χ3n) is 3.04. The van der Waals surface area contributed by atoms with Crippen molar-refractivity contribution < 1.29 is 0 Å². The third-order valence-corrected chi connectivity index (χ3v) is 3.04. The van der Waals surface area contributed by atoms with E-state index in [-0.39, 0.29) is 0 Å². The largest absolute Gasteiger partial charge is 0.261 e. The van der Waals surface area contributed by atoms with Crippen molar-refractivity contribution >= 4 is 0 Å². The lowest BCUT2D eigenvalue weighted by molar-refractivity contribution is 0.423. The van der Waals surface area contributed by atoms with Crippen molar-refractivity contribution in [3.05, 3.63) is 29.6 Å². The summed E-state index contributed by atoms with van der Waals surface area (Å²) in [6.07, 6.45) is 5.81. The molecule has 0 amide bonds. The van der Waals surface area contributed by atoms with Crippen LogP contribution in [-0.2, 0) is 6.42 Å². The van der Waals surface area contributed by atoms with Gasteiger partial charge in [0.2, 0.25) is 0 Å². The molecule has 1 aliphatic carbocycles. The van der Waals surface area contributed by atoms with Gasteiger partial charge in [-0.15, -0.1) is 0 Å². The zero-order chi connectivity index (χ0) is 9.26. The summed E-state index contributed by atoms with van der Waals surface area (Å²) in [5, 5.41) is 0. The van der Waals surface area contributed by atoms with Crippen LogP contribution in [0.4, 0.5) is 0 Å². The van der Waals surface area contributed by atoms with E-state index in [1.54, 1.807) is 0 Å². The Labute approximate surface area is 80.2 Å². The molecule has 1 heteroatoms. The molecule has 0 unspecified atom stereocenters. The van der Waals surface area contributed by atoms with Crippen LogP contribution in [0.2, 0.25) is 0 Å². The van der Waals surface area contributed by atoms with E-state index in [2.05, 4.69) is 31.0 Å².